The third kappa shape index (κ3) is 2.34. The van der Waals surface area contributed by atoms with Crippen molar-refractivity contribution in [3.63, 3.8) is 0 Å². The molecule has 0 spiro atoms. The van der Waals surface area contributed by atoms with Crippen LogP contribution in [-0.2, 0) is 9.53 Å². The fourth-order valence-electron chi connectivity index (χ4n) is 1.13. The molecule has 0 saturated carbocycles. The molecule has 3 N–H and O–H groups in total. The van der Waals surface area contributed by atoms with Gasteiger partial charge in [-0.15, -0.1) is 11.8 Å². The van der Waals surface area contributed by atoms with Gasteiger partial charge in [-0.1, -0.05) is 0 Å². The number of thioether (sulfide) groups is 1. The lowest BCUT2D eigenvalue weighted by Gasteiger charge is -2.14. The molecule has 0 aromatic rings. The van der Waals surface area contributed by atoms with Crippen LogP contribution in [0.3, 0.4) is 0 Å². The van der Waals surface area contributed by atoms with Crippen molar-refractivity contribution < 1.29 is 24.9 Å². The summed E-state index contributed by atoms with van der Waals surface area (Å²) >= 11 is 1.06. The van der Waals surface area contributed by atoms with Crippen LogP contribution in [0.2, 0.25) is 0 Å². The normalized spacial score (nSPS) is 39.1. The summed E-state index contributed by atoms with van der Waals surface area (Å²) in [6.45, 7) is 0.979. The Kier molecular flexibility index (Phi) is 3.55. The molecular weight excluding hydrogens is 196 g/mol. The largest absolute Gasteiger partial charge is 0.449 e. The zero-order valence-electron chi connectivity index (χ0n) is 7.08. The van der Waals surface area contributed by atoms with Crippen molar-refractivity contribution in [1.29, 1.82) is 0 Å². The van der Waals surface area contributed by atoms with E-state index in [1.54, 1.807) is 0 Å². The molecule has 0 aromatic heterocycles. The van der Waals surface area contributed by atoms with Gasteiger partial charge in [-0.3, -0.25) is 4.79 Å². The van der Waals surface area contributed by atoms with E-state index in [1.165, 1.54) is 6.92 Å². The lowest BCUT2D eigenvalue weighted by molar-refractivity contribution is -0.147. The van der Waals surface area contributed by atoms with Crippen LogP contribution in [-0.4, -0.2) is 50.8 Å². The Balaban J connectivity index is 2.55. The molecule has 1 rings (SSSR count). The van der Waals surface area contributed by atoms with Gasteiger partial charge in [-0.25, -0.2) is 0 Å². The van der Waals surface area contributed by atoms with E-state index in [0.717, 1.165) is 11.8 Å². The van der Waals surface area contributed by atoms with Crippen molar-refractivity contribution in [1.82, 2.24) is 0 Å². The van der Waals surface area contributed by atoms with Crippen LogP contribution in [0.5, 0.6) is 0 Å². The molecule has 0 amide bonds. The van der Waals surface area contributed by atoms with Crippen molar-refractivity contribution >= 4 is 17.7 Å². The fourth-order valence-corrected chi connectivity index (χ4v) is 2.39. The average molecular weight is 208 g/mol. The van der Waals surface area contributed by atoms with E-state index in [-0.39, 0.29) is 6.61 Å². The highest BCUT2D eigenvalue weighted by Gasteiger charge is 2.43. The maximum atomic E-state index is 10.6. The molecule has 0 aliphatic carbocycles. The quantitative estimate of drug-likeness (QED) is 0.489. The predicted molar refractivity (Wildman–Crippen MR) is 46.0 cm³/mol. The summed E-state index contributed by atoms with van der Waals surface area (Å²) in [6.07, 6.45) is -2.16. The van der Waals surface area contributed by atoms with E-state index in [4.69, 9.17) is 9.84 Å². The molecule has 1 aliphatic heterocycles. The first-order chi connectivity index (χ1) is 6.06. The zero-order chi connectivity index (χ0) is 10.0. The Morgan fingerprint density at radius 1 is 1.46 bits per heavy atom. The van der Waals surface area contributed by atoms with Crippen molar-refractivity contribution in [3.8, 4) is 0 Å². The summed E-state index contributed by atoms with van der Waals surface area (Å²) in [7, 11) is 0. The summed E-state index contributed by atoms with van der Waals surface area (Å²) in [6, 6.07) is 0. The van der Waals surface area contributed by atoms with Crippen LogP contribution in [0.1, 0.15) is 6.92 Å². The Morgan fingerprint density at radius 2 is 2.08 bits per heavy atom. The predicted octanol–water partition coefficient (Wildman–Crippen LogP) is -1.29. The van der Waals surface area contributed by atoms with Crippen LogP contribution in [0.4, 0.5) is 0 Å². The van der Waals surface area contributed by atoms with E-state index in [0.29, 0.717) is 0 Å². The average Bonchev–Trinajstić information content (AvgIpc) is 2.32. The number of hydrogen-bond acceptors (Lipinski definition) is 6. The Labute approximate surface area is 79.7 Å². The Bertz CT molecular complexity index is 197. The highest BCUT2D eigenvalue weighted by atomic mass is 32.2. The number of hydrogen-bond donors (Lipinski definition) is 3. The molecular formula is C7H12O5S. The van der Waals surface area contributed by atoms with E-state index in [1.807, 2.05) is 0 Å². The van der Waals surface area contributed by atoms with E-state index < -0.39 is 28.9 Å². The van der Waals surface area contributed by atoms with E-state index in [2.05, 4.69) is 0 Å². The topological polar surface area (TPSA) is 87.0 Å². The van der Waals surface area contributed by atoms with Crippen LogP contribution >= 0.6 is 11.8 Å². The van der Waals surface area contributed by atoms with Gasteiger partial charge in [0, 0.05) is 6.92 Å². The van der Waals surface area contributed by atoms with Crippen molar-refractivity contribution in [3.05, 3.63) is 0 Å². The Hall–Kier alpha value is -0.300. The molecule has 1 aliphatic rings. The second-order valence-electron chi connectivity index (χ2n) is 2.82. The molecule has 13 heavy (non-hydrogen) atoms. The maximum Gasteiger partial charge on any atom is 0.303 e. The van der Waals surface area contributed by atoms with Crippen molar-refractivity contribution in [2.45, 2.75) is 29.8 Å². The van der Waals surface area contributed by atoms with Gasteiger partial charge >= 0.3 is 5.97 Å². The summed E-state index contributed by atoms with van der Waals surface area (Å²) < 4.78 is 4.73. The molecule has 0 bridgehead atoms. The highest BCUT2D eigenvalue weighted by molar-refractivity contribution is 8.00. The van der Waals surface area contributed by atoms with Crippen LogP contribution in [0.25, 0.3) is 0 Å². The first kappa shape index (κ1) is 10.8. The number of carbonyl (C=O) groups excluding carboxylic acids is 1. The number of aliphatic hydroxyl groups excluding tert-OH is 3. The highest BCUT2D eigenvalue weighted by Crippen LogP contribution is 2.34. The first-order valence-corrected chi connectivity index (χ1v) is 4.80. The minimum Gasteiger partial charge on any atom is -0.449 e. The van der Waals surface area contributed by atoms with Gasteiger partial charge in [0.25, 0.3) is 0 Å². The molecule has 1 heterocycles. The van der Waals surface area contributed by atoms with Gasteiger partial charge in [-0.05, 0) is 0 Å². The maximum absolute atomic E-state index is 10.6. The summed E-state index contributed by atoms with van der Waals surface area (Å²) in [5.41, 5.74) is -0.773. The first-order valence-electron chi connectivity index (χ1n) is 3.86. The number of rotatable bonds is 2. The lowest BCUT2D eigenvalue weighted by atomic mass is 10.1. The molecule has 0 radical (unpaired) electrons. The molecule has 4 atom stereocenters. The molecule has 6 heteroatoms. The fraction of sp³-hybridized carbons (Fsp3) is 0.857. The molecule has 1 saturated heterocycles. The molecule has 0 aromatic carbocycles. The number of carbonyl (C=O) groups is 1. The van der Waals surface area contributed by atoms with E-state index in [9.17, 15) is 15.0 Å². The van der Waals surface area contributed by atoms with Gasteiger partial charge in [0.2, 0.25) is 0 Å². The van der Waals surface area contributed by atoms with Gasteiger partial charge in [-0.2, -0.15) is 0 Å². The summed E-state index contributed by atoms with van der Waals surface area (Å²) in [5, 5.41) is 27.0. The molecule has 1 fully saturated rings. The van der Waals surface area contributed by atoms with Gasteiger partial charge in [0.15, 0.2) is 5.44 Å². The minimum absolute atomic E-state index is 0.249. The smallest absolute Gasteiger partial charge is 0.303 e. The van der Waals surface area contributed by atoms with Gasteiger partial charge < -0.3 is 20.1 Å². The molecule has 76 valence electrons. The third-order valence-corrected chi connectivity index (χ3v) is 3.20. The second-order valence-corrected chi connectivity index (χ2v) is 4.16. The Morgan fingerprint density at radius 3 is 2.46 bits per heavy atom. The number of aliphatic hydroxyl groups is 3. The summed E-state index contributed by atoms with van der Waals surface area (Å²) in [4.78, 5) is 10.6. The monoisotopic (exact) mass is 208 g/mol. The van der Waals surface area contributed by atoms with Crippen LogP contribution in [0.15, 0.2) is 0 Å². The standard InChI is InChI=1S/C7H12O5S/c1-3(9)12-7-6(11)5(10)4(2-8)13-7/h4-8,10-11H,2H2,1H3/t4-,5-,6+,7-/m0/s1. The second kappa shape index (κ2) is 4.28. The third-order valence-electron chi connectivity index (χ3n) is 1.78. The molecule has 5 nitrogen and oxygen atoms in total. The zero-order valence-corrected chi connectivity index (χ0v) is 7.90. The SMILES string of the molecule is CC(=O)O[C@H]1S[C@@H](CO)[C@H](O)[C@H]1O. The van der Waals surface area contributed by atoms with Crippen LogP contribution < -0.4 is 0 Å². The van der Waals surface area contributed by atoms with Crippen molar-refractivity contribution in [2.24, 2.45) is 0 Å². The van der Waals surface area contributed by atoms with Gasteiger partial charge in [0.05, 0.1) is 18.0 Å². The number of esters is 1. The minimum atomic E-state index is -1.12. The molecule has 0 unspecified atom stereocenters. The van der Waals surface area contributed by atoms with Crippen LogP contribution in [0, 0.1) is 0 Å². The van der Waals surface area contributed by atoms with E-state index >= 15 is 0 Å². The van der Waals surface area contributed by atoms with Crippen molar-refractivity contribution in [2.75, 3.05) is 6.61 Å². The van der Waals surface area contributed by atoms with Gasteiger partial charge in [0.1, 0.15) is 6.10 Å². The summed E-state index contributed by atoms with van der Waals surface area (Å²) in [5.74, 6) is -0.512. The number of ether oxygens (including phenoxy) is 1. The lowest BCUT2D eigenvalue weighted by Crippen LogP contribution is -2.35.